The van der Waals surface area contributed by atoms with Gasteiger partial charge in [-0.2, -0.15) is 5.41 Å². The summed E-state index contributed by atoms with van der Waals surface area (Å²) in [4.78, 5) is 32.7. The monoisotopic (exact) mass is 680 g/mol. The summed E-state index contributed by atoms with van der Waals surface area (Å²) in [6.45, 7) is 8.87. The maximum atomic E-state index is 12.6. The number of unbranched alkanes of at least 4 members (excludes halogenated alkanes) is 3. The zero-order valence-corrected chi connectivity index (χ0v) is 29.2. The van der Waals surface area contributed by atoms with E-state index >= 15 is 0 Å². The highest BCUT2D eigenvalue weighted by molar-refractivity contribution is 6.10. The molecular formula is C42H46N7O2+. The van der Waals surface area contributed by atoms with Gasteiger partial charge in [0.15, 0.2) is 0 Å². The summed E-state index contributed by atoms with van der Waals surface area (Å²) in [6.07, 6.45) is 6.75. The van der Waals surface area contributed by atoms with E-state index in [1.165, 1.54) is 4.58 Å². The van der Waals surface area contributed by atoms with Crippen LogP contribution in [0.25, 0.3) is 22.4 Å². The van der Waals surface area contributed by atoms with Gasteiger partial charge in [-0.1, -0.05) is 96.1 Å². The van der Waals surface area contributed by atoms with E-state index < -0.39 is 0 Å². The highest BCUT2D eigenvalue weighted by Gasteiger charge is 2.34. The van der Waals surface area contributed by atoms with Gasteiger partial charge in [0.25, 0.3) is 5.84 Å². The molecular weight excluding hydrogens is 635 g/mol. The van der Waals surface area contributed by atoms with Crippen molar-refractivity contribution in [2.24, 2.45) is 10.7 Å². The molecule has 2 amide bonds. The number of fused-ring (bicyclic) bond motifs is 1. The molecule has 1 saturated heterocycles. The van der Waals surface area contributed by atoms with Crippen molar-refractivity contribution in [1.82, 2.24) is 14.4 Å². The van der Waals surface area contributed by atoms with Crippen LogP contribution in [0.15, 0.2) is 89.9 Å². The van der Waals surface area contributed by atoms with E-state index in [1.54, 1.807) is 6.34 Å². The summed E-state index contributed by atoms with van der Waals surface area (Å²) < 4.78 is 3.74. The number of primary amides is 1. The van der Waals surface area contributed by atoms with Crippen molar-refractivity contribution in [3.05, 3.63) is 102 Å². The highest BCUT2D eigenvalue weighted by atomic mass is 16.2. The van der Waals surface area contributed by atoms with E-state index in [-0.39, 0.29) is 11.8 Å². The number of piperazine rings is 1. The molecule has 6 rings (SSSR count). The standard InChI is InChI=1S/C42H45N7O2/c1-46-31-45-42-39(41(46)44)38(34-18-7-2-8-19-34)40(35-20-9-3-10-21-35)49(42)30-33-17-14-16-32(29-33)15-6-5-13-24-47-25-27-48(28-26-47)37(51)23-12-4-11-22-36(43)50/h2-3,7-10,14,16-21,29,31,44H,1,4-5,11-13,22-28,30H2,(H-,43,50)/p+1. The number of aliphatic imine (C=N–C) groups is 1. The first kappa shape index (κ1) is 35.2. The van der Waals surface area contributed by atoms with E-state index in [1.807, 2.05) is 41.3 Å². The van der Waals surface area contributed by atoms with Gasteiger partial charge in [-0.05, 0) is 54.6 Å². The number of amides is 2. The van der Waals surface area contributed by atoms with Crippen LogP contribution in [0.3, 0.4) is 0 Å². The number of amidine groups is 1. The first-order valence-electron chi connectivity index (χ1n) is 17.9. The second-order valence-electron chi connectivity index (χ2n) is 13.2. The fraction of sp³-hybridized carbons (Fsp3) is 0.310. The fourth-order valence-corrected chi connectivity index (χ4v) is 6.84. The van der Waals surface area contributed by atoms with Crippen LogP contribution in [0.4, 0.5) is 5.82 Å². The maximum Gasteiger partial charge on any atom is 0.271 e. The van der Waals surface area contributed by atoms with Crippen molar-refractivity contribution < 1.29 is 14.2 Å². The summed E-state index contributed by atoms with van der Waals surface area (Å²) in [5, 5.41) is 9.01. The third-order valence-electron chi connectivity index (χ3n) is 9.50. The first-order valence-corrected chi connectivity index (χ1v) is 17.9. The molecule has 0 unspecified atom stereocenters. The topological polar surface area (TPSA) is 111 Å². The van der Waals surface area contributed by atoms with Gasteiger partial charge >= 0.3 is 0 Å². The molecule has 0 bridgehead atoms. The molecule has 4 aromatic rings. The number of carbonyl (C=O) groups is 2. The number of hydrogen-bond acceptors (Lipinski definition) is 5. The summed E-state index contributed by atoms with van der Waals surface area (Å²) >= 11 is 0. The Balaban J connectivity index is 1.09. The fourth-order valence-electron chi connectivity index (χ4n) is 6.84. The van der Waals surface area contributed by atoms with Gasteiger partial charge in [0.05, 0.1) is 12.2 Å². The van der Waals surface area contributed by atoms with E-state index in [2.05, 4.69) is 76.6 Å². The van der Waals surface area contributed by atoms with Crippen LogP contribution in [0.1, 0.15) is 61.6 Å². The summed E-state index contributed by atoms with van der Waals surface area (Å²) in [6, 6.07) is 28.9. The molecule has 0 saturated carbocycles. The van der Waals surface area contributed by atoms with Crippen LogP contribution >= 0.6 is 0 Å². The molecule has 3 heterocycles. The molecule has 0 atom stereocenters. The molecule has 2 aliphatic heterocycles. The summed E-state index contributed by atoms with van der Waals surface area (Å²) in [7, 11) is 0. The number of carbonyl (C=O) groups excluding carboxylic acids is 2. The number of rotatable bonds is 13. The minimum Gasteiger partial charge on any atom is -0.370 e. The minimum absolute atomic E-state index is 0.212. The molecule has 9 nitrogen and oxygen atoms in total. The Morgan fingerprint density at radius 2 is 1.55 bits per heavy atom. The van der Waals surface area contributed by atoms with Crippen molar-refractivity contribution in [2.75, 3.05) is 32.7 Å². The van der Waals surface area contributed by atoms with Crippen molar-refractivity contribution in [1.29, 1.82) is 5.41 Å². The van der Waals surface area contributed by atoms with Crippen molar-refractivity contribution in [3.8, 4) is 34.2 Å². The Labute approximate surface area is 300 Å². The smallest absolute Gasteiger partial charge is 0.271 e. The van der Waals surface area contributed by atoms with Gasteiger partial charge < -0.3 is 15.2 Å². The van der Waals surface area contributed by atoms with E-state index in [0.717, 1.165) is 110 Å². The molecule has 260 valence electrons. The molecule has 3 aromatic carbocycles. The maximum absolute atomic E-state index is 12.6. The SMILES string of the molecule is C=[N+]1C=Nc2c(c(-c3ccccc3)c(-c3ccccc3)n2Cc2cccc(C#CCCCN3CCN(C(=O)CCCCCC(N)=O)CC3)c2)C1=N. The van der Waals surface area contributed by atoms with Crippen LogP contribution in [-0.4, -0.2) is 82.4 Å². The van der Waals surface area contributed by atoms with Gasteiger partial charge in [-0.15, -0.1) is 0 Å². The lowest BCUT2D eigenvalue weighted by Crippen LogP contribution is -2.48. The first-order chi connectivity index (χ1) is 24.9. The Bertz CT molecular complexity index is 1980. The highest BCUT2D eigenvalue weighted by Crippen LogP contribution is 2.44. The van der Waals surface area contributed by atoms with Crippen LogP contribution in [-0.2, 0) is 16.1 Å². The third kappa shape index (κ3) is 8.77. The molecule has 2 aliphatic rings. The van der Waals surface area contributed by atoms with Gasteiger partial charge in [0.2, 0.25) is 24.0 Å². The van der Waals surface area contributed by atoms with Crippen LogP contribution in [0.5, 0.6) is 0 Å². The Kier molecular flexibility index (Phi) is 11.7. The lowest BCUT2D eigenvalue weighted by molar-refractivity contribution is -0.246. The predicted octanol–water partition coefficient (Wildman–Crippen LogP) is 6.29. The van der Waals surface area contributed by atoms with Crippen LogP contribution in [0, 0.1) is 17.3 Å². The number of hydrogen-bond donors (Lipinski definition) is 2. The average molecular weight is 681 g/mol. The van der Waals surface area contributed by atoms with Crippen molar-refractivity contribution >= 4 is 36.5 Å². The van der Waals surface area contributed by atoms with Gasteiger partial charge in [-0.3, -0.25) is 14.5 Å². The second kappa shape index (κ2) is 16.9. The van der Waals surface area contributed by atoms with Gasteiger partial charge in [0, 0.05) is 63.3 Å². The number of benzene rings is 3. The Hall–Kier alpha value is -5.59. The van der Waals surface area contributed by atoms with Crippen LogP contribution in [0.2, 0.25) is 0 Å². The van der Waals surface area contributed by atoms with Crippen molar-refractivity contribution in [2.45, 2.75) is 51.5 Å². The quantitative estimate of drug-likeness (QED) is 0.0984. The normalized spacial score (nSPS) is 14.2. The third-order valence-corrected chi connectivity index (χ3v) is 9.50. The lowest BCUT2D eigenvalue weighted by atomic mass is 9.96. The Morgan fingerprint density at radius 3 is 2.27 bits per heavy atom. The predicted molar refractivity (Wildman–Crippen MR) is 205 cm³/mol. The molecule has 1 aromatic heterocycles. The second-order valence-corrected chi connectivity index (χ2v) is 13.2. The van der Waals surface area contributed by atoms with Gasteiger partial charge in [-0.25, -0.2) is 4.58 Å². The van der Waals surface area contributed by atoms with E-state index in [0.29, 0.717) is 25.2 Å². The average Bonchev–Trinajstić information content (AvgIpc) is 3.48. The summed E-state index contributed by atoms with van der Waals surface area (Å²) in [5.74, 6) is 7.76. The zero-order chi connectivity index (χ0) is 35.6. The molecule has 0 aliphatic carbocycles. The van der Waals surface area contributed by atoms with E-state index in [9.17, 15) is 9.59 Å². The molecule has 51 heavy (non-hydrogen) atoms. The zero-order valence-electron chi connectivity index (χ0n) is 29.2. The molecule has 1 fully saturated rings. The van der Waals surface area contributed by atoms with Gasteiger partial charge in [0.1, 0.15) is 5.56 Å². The molecule has 0 radical (unpaired) electrons. The van der Waals surface area contributed by atoms with E-state index in [4.69, 9.17) is 16.1 Å². The van der Waals surface area contributed by atoms with Crippen LogP contribution < -0.4 is 5.73 Å². The van der Waals surface area contributed by atoms with Crippen molar-refractivity contribution in [3.63, 3.8) is 0 Å². The molecule has 0 spiro atoms. The lowest BCUT2D eigenvalue weighted by Gasteiger charge is -2.34. The largest absolute Gasteiger partial charge is 0.370 e. The molecule has 9 heteroatoms. The number of nitrogens with zero attached hydrogens (tertiary/aromatic N) is 5. The minimum atomic E-state index is -0.276. The number of nitrogens with two attached hydrogens (primary N) is 1. The number of nitrogens with one attached hydrogen (secondary N) is 1. The summed E-state index contributed by atoms with van der Waals surface area (Å²) in [5.41, 5.74) is 12.1. The Morgan fingerprint density at radius 1 is 0.843 bits per heavy atom. The molecule has 3 N–H and O–H groups in total. The number of aromatic nitrogens is 1.